The topological polar surface area (TPSA) is 90.7 Å². The van der Waals surface area contributed by atoms with Crippen molar-refractivity contribution in [1.29, 1.82) is 0 Å². The smallest absolute Gasteiger partial charge is 0.335 e. The average Bonchev–Trinajstić information content (AvgIpc) is 2.50. The van der Waals surface area contributed by atoms with Crippen molar-refractivity contribution in [2.45, 2.75) is 6.42 Å². The molecule has 0 aliphatic carbocycles. The summed E-state index contributed by atoms with van der Waals surface area (Å²) in [6, 6.07) is 8.60. The summed E-state index contributed by atoms with van der Waals surface area (Å²) in [6.45, 7) is 1.41. The zero-order valence-electron chi connectivity index (χ0n) is 13.2. The molecule has 0 saturated carbocycles. The molecular weight excluding hydrogens is 296 g/mol. The number of hydrogen-bond donors (Lipinski definition) is 2. The van der Waals surface area contributed by atoms with Crippen LogP contribution in [0.3, 0.4) is 0 Å². The van der Waals surface area contributed by atoms with Gasteiger partial charge in [0, 0.05) is 12.8 Å². The van der Waals surface area contributed by atoms with E-state index in [2.05, 4.69) is 9.98 Å². The van der Waals surface area contributed by atoms with Crippen LogP contribution in [-0.4, -0.2) is 53.0 Å². The van der Waals surface area contributed by atoms with Crippen LogP contribution in [0.1, 0.15) is 12.0 Å². The van der Waals surface area contributed by atoms with E-state index in [0.717, 1.165) is 17.5 Å². The average molecular weight is 316 g/mol. The Morgan fingerprint density at radius 3 is 2.61 bits per heavy atom. The molecule has 0 amide bonds. The van der Waals surface area contributed by atoms with Crippen molar-refractivity contribution in [3.63, 3.8) is 0 Å². The molecule has 0 spiro atoms. The highest BCUT2D eigenvalue weighted by Gasteiger charge is 2.13. The van der Waals surface area contributed by atoms with E-state index in [0.29, 0.717) is 12.2 Å². The third-order valence-corrected chi connectivity index (χ3v) is 3.25. The molecule has 2 rings (SSSR count). The van der Waals surface area contributed by atoms with Gasteiger partial charge < -0.3 is 10.0 Å². The second-order valence-corrected chi connectivity index (χ2v) is 5.36. The minimum atomic E-state index is -0.691. The number of aromatic hydroxyl groups is 1. The predicted octanol–water partition coefficient (Wildman–Crippen LogP) is 0.602. The Morgan fingerprint density at radius 1 is 1.26 bits per heavy atom. The summed E-state index contributed by atoms with van der Waals surface area (Å²) in [7, 11) is 3.94. The Hall–Kier alpha value is -2.67. The van der Waals surface area contributed by atoms with Gasteiger partial charge in [-0.15, -0.1) is 0 Å². The summed E-state index contributed by atoms with van der Waals surface area (Å²) >= 11 is 0. The van der Waals surface area contributed by atoms with Crippen LogP contribution >= 0.6 is 0 Å². The van der Waals surface area contributed by atoms with Crippen LogP contribution in [-0.2, 0) is 0 Å². The third-order valence-electron chi connectivity index (χ3n) is 3.25. The van der Waals surface area contributed by atoms with E-state index in [9.17, 15) is 14.7 Å². The summed E-state index contributed by atoms with van der Waals surface area (Å²) in [6.07, 6.45) is 2.14. The van der Waals surface area contributed by atoms with E-state index >= 15 is 0 Å². The molecule has 0 atom stereocenters. The number of aromatic amines is 1. The van der Waals surface area contributed by atoms with Crippen molar-refractivity contribution in [3.8, 4) is 11.6 Å². The zero-order valence-corrected chi connectivity index (χ0v) is 13.2. The van der Waals surface area contributed by atoms with Gasteiger partial charge in [-0.1, -0.05) is 18.2 Å². The first-order valence-corrected chi connectivity index (χ1v) is 7.29. The first kappa shape index (κ1) is 16.7. The maximum absolute atomic E-state index is 12.0. The Morgan fingerprint density at radius 2 is 1.96 bits per heavy atom. The molecule has 0 saturated heterocycles. The number of aliphatic imine (C=N–C) groups is 1. The van der Waals surface area contributed by atoms with Crippen molar-refractivity contribution in [2.75, 3.05) is 27.2 Å². The fourth-order valence-electron chi connectivity index (χ4n) is 2.11. The Labute approximate surface area is 133 Å². The molecule has 0 radical (unpaired) electrons. The van der Waals surface area contributed by atoms with Gasteiger partial charge in [-0.2, -0.15) is 0 Å². The molecule has 23 heavy (non-hydrogen) atoms. The second kappa shape index (κ2) is 7.55. The fraction of sp³-hybridized carbons (Fsp3) is 0.312. The summed E-state index contributed by atoms with van der Waals surface area (Å²) < 4.78 is 1.04. The maximum atomic E-state index is 12.0. The number of nitrogens with zero attached hydrogens (tertiary/aromatic N) is 3. The molecule has 1 aromatic heterocycles. The minimum absolute atomic E-state index is 0.0293. The van der Waals surface area contributed by atoms with Crippen LogP contribution in [0.15, 0.2) is 44.9 Å². The van der Waals surface area contributed by atoms with Crippen molar-refractivity contribution < 1.29 is 5.11 Å². The lowest BCUT2D eigenvalue weighted by Gasteiger charge is -2.09. The van der Waals surface area contributed by atoms with Gasteiger partial charge in [-0.05, 0) is 39.2 Å². The molecule has 0 aliphatic rings. The quantitative estimate of drug-likeness (QED) is 0.603. The summed E-state index contributed by atoms with van der Waals surface area (Å²) in [5.74, 6) is -0.415. The molecule has 0 bridgehead atoms. The van der Waals surface area contributed by atoms with E-state index in [1.165, 1.54) is 6.21 Å². The van der Waals surface area contributed by atoms with E-state index in [1.54, 1.807) is 30.3 Å². The number of hydrogen-bond acceptors (Lipinski definition) is 5. The van der Waals surface area contributed by atoms with Gasteiger partial charge in [-0.3, -0.25) is 14.8 Å². The number of benzene rings is 1. The molecule has 0 aliphatic heterocycles. The van der Waals surface area contributed by atoms with Gasteiger partial charge >= 0.3 is 5.69 Å². The molecule has 7 nitrogen and oxygen atoms in total. The first-order chi connectivity index (χ1) is 11.0. The number of H-pyrrole nitrogens is 1. The van der Waals surface area contributed by atoms with E-state index in [1.807, 2.05) is 19.0 Å². The Kier molecular flexibility index (Phi) is 5.48. The van der Waals surface area contributed by atoms with Gasteiger partial charge in [0.25, 0.3) is 5.56 Å². The lowest BCUT2D eigenvalue weighted by molar-refractivity contribution is 0.403. The van der Waals surface area contributed by atoms with Crippen LogP contribution in [0, 0.1) is 0 Å². The molecular formula is C16H20N4O3. The predicted molar refractivity (Wildman–Crippen MR) is 90.0 cm³/mol. The largest absolute Gasteiger partial charge is 0.493 e. The van der Waals surface area contributed by atoms with Crippen molar-refractivity contribution in [3.05, 3.63) is 56.7 Å². The standard InChI is InChI=1S/C16H20N4O3/c1-19(2)10-6-9-17-11-13-14(21)18-16(23)20(15(13)22)12-7-4-3-5-8-12/h3-5,7-8,11,22H,6,9-10H2,1-2H3,(H,18,21,23). The van der Waals surface area contributed by atoms with Gasteiger partial charge in [0.2, 0.25) is 5.88 Å². The van der Waals surface area contributed by atoms with E-state index in [4.69, 9.17) is 0 Å². The first-order valence-electron chi connectivity index (χ1n) is 7.29. The van der Waals surface area contributed by atoms with Crippen LogP contribution in [0.2, 0.25) is 0 Å². The summed E-state index contributed by atoms with van der Waals surface area (Å²) in [5, 5.41) is 10.3. The SMILES string of the molecule is CN(C)CCCN=Cc1c(O)n(-c2ccccc2)c(=O)[nH]c1=O. The highest BCUT2D eigenvalue weighted by atomic mass is 16.3. The highest BCUT2D eigenvalue weighted by Crippen LogP contribution is 2.14. The molecule has 1 aromatic carbocycles. The van der Waals surface area contributed by atoms with E-state index in [-0.39, 0.29) is 5.56 Å². The lowest BCUT2D eigenvalue weighted by atomic mass is 10.3. The van der Waals surface area contributed by atoms with Crippen LogP contribution in [0.5, 0.6) is 5.88 Å². The molecule has 122 valence electrons. The molecule has 7 heteroatoms. The molecule has 2 N–H and O–H groups in total. The summed E-state index contributed by atoms with van der Waals surface area (Å²) in [5.41, 5.74) is -0.911. The molecule has 1 heterocycles. The minimum Gasteiger partial charge on any atom is -0.493 e. The van der Waals surface area contributed by atoms with Gasteiger partial charge in [-0.25, -0.2) is 9.36 Å². The maximum Gasteiger partial charge on any atom is 0.335 e. The normalized spacial score (nSPS) is 11.4. The summed E-state index contributed by atoms with van der Waals surface area (Å²) in [4.78, 5) is 32.2. The van der Waals surface area contributed by atoms with Crippen molar-refractivity contribution >= 4 is 6.21 Å². The molecule has 2 aromatic rings. The number of aromatic nitrogens is 2. The Bertz CT molecular complexity index is 791. The molecule has 0 unspecified atom stereocenters. The van der Waals surface area contributed by atoms with Crippen molar-refractivity contribution in [1.82, 2.24) is 14.5 Å². The Balaban J connectivity index is 2.33. The van der Waals surface area contributed by atoms with Crippen LogP contribution < -0.4 is 11.2 Å². The molecule has 0 fully saturated rings. The van der Waals surface area contributed by atoms with Gasteiger partial charge in [0.05, 0.1) is 5.69 Å². The zero-order chi connectivity index (χ0) is 16.8. The third kappa shape index (κ3) is 4.17. The number of para-hydroxylation sites is 1. The number of rotatable bonds is 6. The highest BCUT2D eigenvalue weighted by molar-refractivity contribution is 5.82. The second-order valence-electron chi connectivity index (χ2n) is 5.36. The van der Waals surface area contributed by atoms with Gasteiger partial charge in [0.15, 0.2) is 0 Å². The van der Waals surface area contributed by atoms with E-state index < -0.39 is 17.1 Å². The fourth-order valence-corrected chi connectivity index (χ4v) is 2.11. The monoisotopic (exact) mass is 316 g/mol. The lowest BCUT2D eigenvalue weighted by Crippen LogP contribution is -2.31. The van der Waals surface area contributed by atoms with Gasteiger partial charge in [0.1, 0.15) is 5.56 Å². The van der Waals surface area contributed by atoms with Crippen molar-refractivity contribution in [2.24, 2.45) is 4.99 Å². The van der Waals surface area contributed by atoms with Crippen LogP contribution in [0.4, 0.5) is 0 Å². The number of nitrogens with one attached hydrogen (secondary N) is 1. The van der Waals surface area contributed by atoms with Crippen LogP contribution in [0.25, 0.3) is 5.69 Å².